The molecule has 3 aromatic rings. The fourth-order valence-electron chi connectivity index (χ4n) is 2.42. The predicted molar refractivity (Wildman–Crippen MR) is 108 cm³/mol. The first-order valence-corrected chi connectivity index (χ1v) is 10.0. The Morgan fingerprint density at radius 3 is 2.81 bits per heavy atom. The maximum atomic E-state index is 12.3. The van der Waals surface area contributed by atoms with Crippen molar-refractivity contribution in [2.24, 2.45) is 5.92 Å². The lowest BCUT2D eigenvalue weighted by molar-refractivity contribution is -0.113. The molecule has 2 heterocycles. The molecule has 1 aromatic carbocycles. The number of rotatable bonds is 7. The standard InChI is InChI=1S/C18H18Cl2N4O2S/c1-11(2)9-24-17(15-4-3-7-26-15)22-23-18(24)27-10-16(25)21-14-8-12(19)5-6-13(14)20/h3-8,11H,9-10H2,1-2H3,(H,21,25). The monoisotopic (exact) mass is 424 g/mol. The topological polar surface area (TPSA) is 73.0 Å². The second-order valence-corrected chi connectivity index (χ2v) is 8.04. The molecular weight excluding hydrogens is 407 g/mol. The summed E-state index contributed by atoms with van der Waals surface area (Å²) in [6, 6.07) is 8.56. The average molecular weight is 425 g/mol. The van der Waals surface area contributed by atoms with Gasteiger partial charge in [-0.15, -0.1) is 10.2 Å². The summed E-state index contributed by atoms with van der Waals surface area (Å²) in [4.78, 5) is 12.3. The van der Waals surface area contributed by atoms with E-state index in [1.165, 1.54) is 11.8 Å². The Hall–Kier alpha value is -1.96. The van der Waals surface area contributed by atoms with Gasteiger partial charge in [-0.25, -0.2) is 0 Å². The molecule has 0 unspecified atom stereocenters. The summed E-state index contributed by atoms with van der Waals surface area (Å²) in [6.45, 7) is 4.93. The van der Waals surface area contributed by atoms with Crippen LogP contribution in [0.25, 0.3) is 11.6 Å². The van der Waals surface area contributed by atoms with Gasteiger partial charge in [-0.1, -0.05) is 48.8 Å². The number of benzene rings is 1. The molecule has 0 aliphatic carbocycles. The molecule has 1 N–H and O–H groups in total. The lowest BCUT2D eigenvalue weighted by Crippen LogP contribution is -2.15. The summed E-state index contributed by atoms with van der Waals surface area (Å²) in [5.74, 6) is 1.63. The van der Waals surface area contributed by atoms with Crippen molar-refractivity contribution in [1.29, 1.82) is 0 Å². The number of nitrogens with zero attached hydrogens (tertiary/aromatic N) is 3. The van der Waals surface area contributed by atoms with Crippen LogP contribution < -0.4 is 5.32 Å². The van der Waals surface area contributed by atoms with Crippen LogP contribution in [-0.4, -0.2) is 26.4 Å². The Bertz CT molecular complexity index is 926. The lowest BCUT2D eigenvalue weighted by Gasteiger charge is -2.11. The van der Waals surface area contributed by atoms with E-state index in [4.69, 9.17) is 27.6 Å². The maximum absolute atomic E-state index is 12.3. The number of hydrogen-bond acceptors (Lipinski definition) is 5. The Balaban J connectivity index is 1.72. The molecule has 9 heteroatoms. The summed E-state index contributed by atoms with van der Waals surface area (Å²) in [7, 11) is 0. The summed E-state index contributed by atoms with van der Waals surface area (Å²) in [5, 5.41) is 12.8. The van der Waals surface area contributed by atoms with Crippen LogP contribution in [0.1, 0.15) is 13.8 Å². The second kappa shape index (κ2) is 8.82. The minimum atomic E-state index is -0.206. The van der Waals surface area contributed by atoms with E-state index >= 15 is 0 Å². The van der Waals surface area contributed by atoms with Gasteiger partial charge in [0.25, 0.3) is 0 Å². The van der Waals surface area contributed by atoms with Crippen molar-refractivity contribution in [3.63, 3.8) is 0 Å². The third-order valence-electron chi connectivity index (χ3n) is 3.54. The normalized spacial score (nSPS) is 11.1. The number of hydrogen-bond donors (Lipinski definition) is 1. The van der Waals surface area contributed by atoms with Crippen molar-refractivity contribution in [3.8, 4) is 11.6 Å². The van der Waals surface area contributed by atoms with Crippen LogP contribution in [0.5, 0.6) is 0 Å². The van der Waals surface area contributed by atoms with Crippen molar-refractivity contribution in [1.82, 2.24) is 14.8 Å². The molecule has 142 valence electrons. The highest BCUT2D eigenvalue weighted by Gasteiger charge is 2.18. The maximum Gasteiger partial charge on any atom is 0.234 e. The molecule has 0 fully saturated rings. The fourth-order valence-corrected chi connectivity index (χ4v) is 3.51. The quantitative estimate of drug-likeness (QED) is 0.525. The molecule has 0 saturated heterocycles. The first kappa shape index (κ1) is 19.8. The molecule has 0 aliphatic rings. The molecule has 0 atom stereocenters. The number of carbonyl (C=O) groups is 1. The Kier molecular flexibility index (Phi) is 6.46. The van der Waals surface area contributed by atoms with Gasteiger partial charge in [0.15, 0.2) is 16.7 Å². The molecule has 27 heavy (non-hydrogen) atoms. The van der Waals surface area contributed by atoms with Crippen molar-refractivity contribution >= 4 is 46.6 Å². The molecule has 0 spiro atoms. The van der Waals surface area contributed by atoms with E-state index in [0.29, 0.717) is 44.9 Å². The van der Waals surface area contributed by atoms with Crippen LogP contribution in [0.15, 0.2) is 46.2 Å². The predicted octanol–water partition coefficient (Wildman–Crippen LogP) is 5.23. The molecule has 0 saturated carbocycles. The molecular formula is C18H18Cl2N4O2S. The highest BCUT2D eigenvalue weighted by atomic mass is 35.5. The highest BCUT2D eigenvalue weighted by molar-refractivity contribution is 7.99. The number of thioether (sulfide) groups is 1. The summed E-state index contributed by atoms with van der Waals surface area (Å²) in [6.07, 6.45) is 1.60. The van der Waals surface area contributed by atoms with Crippen LogP contribution in [0.3, 0.4) is 0 Å². The molecule has 2 aromatic heterocycles. The number of aromatic nitrogens is 3. The summed E-state index contributed by atoms with van der Waals surface area (Å²) >= 11 is 13.3. The van der Waals surface area contributed by atoms with Gasteiger partial charge in [0.2, 0.25) is 5.91 Å². The van der Waals surface area contributed by atoms with Crippen LogP contribution in [0.2, 0.25) is 10.0 Å². The molecule has 1 amide bonds. The molecule has 0 aliphatic heterocycles. The lowest BCUT2D eigenvalue weighted by atomic mass is 10.2. The third kappa shape index (κ3) is 5.06. The van der Waals surface area contributed by atoms with Crippen molar-refractivity contribution < 1.29 is 9.21 Å². The number of anilines is 1. The smallest absolute Gasteiger partial charge is 0.234 e. The zero-order chi connectivity index (χ0) is 19.4. The van der Waals surface area contributed by atoms with Gasteiger partial charge in [0.05, 0.1) is 22.7 Å². The first-order chi connectivity index (χ1) is 12.9. The van der Waals surface area contributed by atoms with E-state index < -0.39 is 0 Å². The van der Waals surface area contributed by atoms with Gasteiger partial charge in [-0.2, -0.15) is 0 Å². The number of nitrogens with one attached hydrogen (secondary N) is 1. The van der Waals surface area contributed by atoms with Crippen LogP contribution in [0, 0.1) is 5.92 Å². The number of amides is 1. The zero-order valence-corrected chi connectivity index (χ0v) is 17.1. The highest BCUT2D eigenvalue weighted by Crippen LogP contribution is 2.27. The van der Waals surface area contributed by atoms with Crippen LogP contribution >= 0.6 is 35.0 Å². The van der Waals surface area contributed by atoms with E-state index in [2.05, 4.69) is 29.4 Å². The Morgan fingerprint density at radius 1 is 1.30 bits per heavy atom. The van der Waals surface area contributed by atoms with Crippen LogP contribution in [0.4, 0.5) is 5.69 Å². The van der Waals surface area contributed by atoms with Crippen LogP contribution in [-0.2, 0) is 11.3 Å². The summed E-state index contributed by atoms with van der Waals surface area (Å²) < 4.78 is 7.41. The molecule has 3 rings (SSSR count). The molecule has 0 radical (unpaired) electrons. The Labute approximate surface area is 171 Å². The van der Waals surface area contributed by atoms with Gasteiger partial charge in [0.1, 0.15) is 0 Å². The minimum Gasteiger partial charge on any atom is -0.461 e. The minimum absolute atomic E-state index is 0.164. The number of halogens is 2. The zero-order valence-electron chi connectivity index (χ0n) is 14.8. The number of furan rings is 1. The molecule has 0 bridgehead atoms. The van der Waals surface area contributed by atoms with Gasteiger partial charge < -0.3 is 9.73 Å². The first-order valence-electron chi connectivity index (χ1n) is 8.29. The summed E-state index contributed by atoms with van der Waals surface area (Å²) in [5.41, 5.74) is 0.481. The van der Waals surface area contributed by atoms with E-state index in [-0.39, 0.29) is 11.7 Å². The third-order valence-corrected chi connectivity index (χ3v) is 5.07. The molecule has 6 nitrogen and oxygen atoms in total. The SMILES string of the molecule is CC(C)Cn1c(SCC(=O)Nc2cc(Cl)ccc2Cl)nnc1-c1ccco1. The second-order valence-electron chi connectivity index (χ2n) is 6.25. The fraction of sp³-hybridized carbons (Fsp3) is 0.278. The average Bonchev–Trinajstić information content (AvgIpc) is 3.26. The van der Waals surface area contributed by atoms with E-state index in [1.54, 1.807) is 30.5 Å². The van der Waals surface area contributed by atoms with Gasteiger partial charge in [0, 0.05) is 11.6 Å². The van der Waals surface area contributed by atoms with Crippen molar-refractivity contribution in [2.75, 3.05) is 11.1 Å². The van der Waals surface area contributed by atoms with Crippen molar-refractivity contribution in [3.05, 3.63) is 46.6 Å². The van der Waals surface area contributed by atoms with E-state index in [0.717, 1.165) is 0 Å². The van der Waals surface area contributed by atoms with Gasteiger partial charge in [-0.05, 0) is 36.2 Å². The number of carbonyl (C=O) groups excluding carboxylic acids is 1. The van der Waals surface area contributed by atoms with Gasteiger partial charge in [-0.3, -0.25) is 9.36 Å². The van der Waals surface area contributed by atoms with Crippen molar-refractivity contribution in [2.45, 2.75) is 25.5 Å². The van der Waals surface area contributed by atoms with Gasteiger partial charge >= 0.3 is 0 Å². The van der Waals surface area contributed by atoms with E-state index in [9.17, 15) is 4.79 Å². The van der Waals surface area contributed by atoms with E-state index in [1.807, 2.05) is 10.6 Å². The Morgan fingerprint density at radius 2 is 2.11 bits per heavy atom. The largest absolute Gasteiger partial charge is 0.461 e.